The fraction of sp³-hybridized carbons (Fsp3) is 0.455. The highest BCUT2D eigenvalue weighted by molar-refractivity contribution is 9.11. The minimum absolute atomic E-state index is 0.0919. The molecule has 0 saturated heterocycles. The molecule has 0 saturated carbocycles. The third kappa shape index (κ3) is 43.7. The zero-order chi connectivity index (χ0) is 71.4. The molecule has 0 aliphatic heterocycles. The SMILES string of the molecule is CC.CC(C)(C)c1ccc(O)cc1.CC(C)(C)c1ccccc1Br.CC(C)(C)c1ccccc1Br.CC(C)(C)c1ccccc1Br.CC(C)(C)c1ccccc1Br.CC(C)(C)c1ccccc1Cl.CC(C)(C)c1ccccc1F.CO.CO.CO.CO.CO. The van der Waals surface area contributed by atoms with Gasteiger partial charge in [-0.15, -0.1) is 0 Å². The first kappa shape index (κ1) is 96.4. The highest BCUT2D eigenvalue weighted by Crippen LogP contribution is 2.33. The number of phenolic OH excluding ortho intramolecular Hbond substituents is 1. The van der Waals surface area contributed by atoms with Crippen LogP contribution in [0.2, 0.25) is 5.02 Å². The van der Waals surface area contributed by atoms with Gasteiger partial charge >= 0.3 is 0 Å². The summed E-state index contributed by atoms with van der Waals surface area (Å²) in [5.41, 5.74) is 9.86. The predicted molar refractivity (Wildman–Crippen MR) is 405 cm³/mol. The van der Waals surface area contributed by atoms with E-state index in [1.807, 2.05) is 101 Å². The lowest BCUT2D eigenvalue weighted by atomic mass is 9.87. The zero-order valence-corrected chi connectivity index (χ0v) is 66.7. The van der Waals surface area contributed by atoms with Crippen molar-refractivity contribution in [1.82, 2.24) is 0 Å². The van der Waals surface area contributed by atoms with Crippen molar-refractivity contribution in [3.8, 4) is 5.75 Å². The molecule has 7 rings (SSSR count). The Bertz CT molecular complexity index is 2400. The number of hydrogen-bond acceptors (Lipinski definition) is 6. The topological polar surface area (TPSA) is 121 Å². The van der Waals surface area contributed by atoms with Crippen LogP contribution in [0.15, 0.2) is 188 Å². The van der Waals surface area contributed by atoms with Gasteiger partial charge < -0.3 is 30.6 Å². The molecule has 504 valence electrons. The molecule has 0 spiro atoms. The average molecular weight is 1510 g/mol. The molecule has 0 aliphatic rings. The van der Waals surface area contributed by atoms with Crippen LogP contribution in [0.25, 0.3) is 0 Å². The highest BCUT2D eigenvalue weighted by atomic mass is 79.9. The fourth-order valence-corrected chi connectivity index (χ4v) is 11.3. The second-order valence-corrected chi connectivity index (χ2v) is 30.0. The lowest BCUT2D eigenvalue weighted by Gasteiger charge is -2.20. The smallest absolute Gasteiger partial charge is 0.126 e. The molecule has 0 aliphatic carbocycles. The van der Waals surface area contributed by atoms with Crippen LogP contribution in [0.3, 0.4) is 0 Å². The summed E-state index contributed by atoms with van der Waals surface area (Å²) in [4.78, 5) is 0. The van der Waals surface area contributed by atoms with E-state index in [2.05, 4.69) is 267 Å². The van der Waals surface area contributed by atoms with Crippen LogP contribution in [-0.2, 0) is 37.9 Å². The molecule has 0 fully saturated rings. The predicted octanol–water partition coefficient (Wildman–Crippen LogP) is 23.5. The number of phenols is 1. The first-order valence-corrected chi connectivity index (χ1v) is 33.2. The molecular weight excluding hydrogens is 1390 g/mol. The van der Waals surface area contributed by atoms with Crippen molar-refractivity contribution >= 4 is 75.3 Å². The molecular formula is C77H118Br4ClFO6. The first-order valence-electron chi connectivity index (χ1n) is 29.6. The summed E-state index contributed by atoms with van der Waals surface area (Å²) in [5, 5.41) is 44.9. The molecule has 12 heteroatoms. The van der Waals surface area contributed by atoms with Gasteiger partial charge in [-0.25, -0.2) is 4.39 Å². The van der Waals surface area contributed by atoms with Crippen molar-refractivity contribution in [2.24, 2.45) is 0 Å². The van der Waals surface area contributed by atoms with Crippen LogP contribution in [0.5, 0.6) is 5.75 Å². The second kappa shape index (κ2) is 49.9. The molecule has 0 unspecified atom stereocenters. The zero-order valence-electron chi connectivity index (χ0n) is 59.6. The summed E-state index contributed by atoms with van der Waals surface area (Å²) in [7, 11) is 5.00. The maximum Gasteiger partial charge on any atom is 0.126 e. The van der Waals surface area contributed by atoms with Gasteiger partial charge in [0.15, 0.2) is 0 Å². The van der Waals surface area contributed by atoms with Crippen molar-refractivity contribution in [2.75, 3.05) is 35.5 Å². The molecule has 6 N–H and O–H groups in total. The molecule has 0 amide bonds. The summed E-state index contributed by atoms with van der Waals surface area (Å²) in [5.74, 6) is 0.220. The summed E-state index contributed by atoms with van der Waals surface area (Å²) in [6.07, 6.45) is 0. The van der Waals surface area contributed by atoms with Gasteiger partial charge in [-0.2, -0.15) is 0 Å². The monoisotopic (exact) mass is 1510 g/mol. The normalized spacial score (nSPS) is 10.5. The molecule has 7 aromatic rings. The molecule has 0 radical (unpaired) electrons. The van der Waals surface area contributed by atoms with Crippen LogP contribution in [0.1, 0.15) is 198 Å². The first-order chi connectivity index (χ1) is 41.1. The molecule has 0 heterocycles. The van der Waals surface area contributed by atoms with Gasteiger partial charge in [0.25, 0.3) is 0 Å². The van der Waals surface area contributed by atoms with E-state index in [9.17, 15) is 4.39 Å². The number of aliphatic hydroxyl groups is 5. The Morgan fingerprint density at radius 3 is 0.618 bits per heavy atom. The van der Waals surface area contributed by atoms with Crippen molar-refractivity contribution in [3.63, 3.8) is 0 Å². The van der Waals surface area contributed by atoms with Gasteiger partial charge in [-0.1, -0.05) is 356 Å². The summed E-state index contributed by atoms with van der Waals surface area (Å²) in [6.45, 7) is 49.5. The number of benzene rings is 7. The third-order valence-corrected chi connectivity index (χ3v) is 14.9. The highest BCUT2D eigenvalue weighted by Gasteiger charge is 2.20. The number of halogens is 6. The molecule has 6 nitrogen and oxygen atoms in total. The quantitative estimate of drug-likeness (QED) is 0.0900. The van der Waals surface area contributed by atoms with Crippen molar-refractivity contribution in [2.45, 2.75) is 197 Å². The van der Waals surface area contributed by atoms with Gasteiger partial charge in [0.2, 0.25) is 0 Å². The Hall–Kier alpha value is -3.72. The number of aliphatic hydroxyl groups excluding tert-OH is 5. The Labute approximate surface area is 581 Å². The van der Waals surface area contributed by atoms with Crippen molar-refractivity contribution < 1.29 is 35.0 Å². The average Bonchev–Trinajstić information content (AvgIpc) is 3.67. The molecule has 0 bridgehead atoms. The van der Waals surface area contributed by atoms with E-state index in [1.54, 1.807) is 18.2 Å². The van der Waals surface area contributed by atoms with Crippen LogP contribution < -0.4 is 0 Å². The van der Waals surface area contributed by atoms with Crippen molar-refractivity contribution in [1.29, 1.82) is 0 Å². The van der Waals surface area contributed by atoms with Crippen LogP contribution in [0.4, 0.5) is 4.39 Å². The minimum atomic E-state index is -0.111. The minimum Gasteiger partial charge on any atom is -0.508 e. The molecule has 0 aromatic heterocycles. The maximum absolute atomic E-state index is 13.1. The van der Waals surface area contributed by atoms with Crippen LogP contribution in [-0.4, -0.2) is 66.2 Å². The largest absolute Gasteiger partial charge is 0.508 e. The lowest BCUT2D eigenvalue weighted by molar-refractivity contribution is 0.399. The number of rotatable bonds is 0. The van der Waals surface area contributed by atoms with E-state index in [4.69, 9.17) is 42.2 Å². The second-order valence-electron chi connectivity index (χ2n) is 26.2. The summed E-state index contributed by atoms with van der Waals surface area (Å²) >= 11 is 20.1. The molecule has 0 atom stereocenters. The van der Waals surface area contributed by atoms with Gasteiger partial charge in [0.1, 0.15) is 11.6 Å². The van der Waals surface area contributed by atoms with Gasteiger partial charge in [-0.3, -0.25) is 0 Å². The maximum atomic E-state index is 13.1. The van der Waals surface area contributed by atoms with Crippen molar-refractivity contribution in [3.05, 3.63) is 238 Å². The Balaban J connectivity index is -0.000000219. The number of aromatic hydroxyl groups is 1. The summed E-state index contributed by atoms with van der Waals surface area (Å²) < 4.78 is 17.9. The Morgan fingerprint density at radius 1 is 0.270 bits per heavy atom. The summed E-state index contributed by atoms with van der Waals surface area (Å²) in [6, 6.07) is 55.7. The molecule has 7 aromatic carbocycles. The van der Waals surface area contributed by atoms with E-state index >= 15 is 0 Å². The molecule has 89 heavy (non-hydrogen) atoms. The number of hydrogen-bond donors (Lipinski definition) is 6. The van der Waals surface area contributed by atoms with E-state index in [1.165, 1.54) is 57.3 Å². The Kier molecular flexibility index (Phi) is 54.0. The fourth-order valence-electron chi connectivity index (χ4n) is 7.38. The van der Waals surface area contributed by atoms with E-state index in [0.717, 1.165) is 46.1 Å². The standard InChI is InChI=1S/4C10H13Br.C10H13Cl.C10H13F.C10H14O.C2H6.5CH4O/c6*1-10(2,3)8-6-4-5-7-9(8)11;1-10(2,3)8-4-6-9(11)7-5-8;6*1-2/h6*4-7H,1-3H3;4-7,11H,1-3H3;1-2H3;5*2H,1H3. The van der Waals surface area contributed by atoms with Crippen LogP contribution >= 0.6 is 75.3 Å². The van der Waals surface area contributed by atoms with Gasteiger partial charge in [0.05, 0.1) is 0 Å². The van der Waals surface area contributed by atoms with E-state index in [0.29, 0.717) is 5.75 Å². The van der Waals surface area contributed by atoms with Gasteiger partial charge in [0, 0.05) is 58.5 Å². The Morgan fingerprint density at radius 2 is 0.461 bits per heavy atom. The third-order valence-electron chi connectivity index (χ3n) is 11.8. The van der Waals surface area contributed by atoms with Gasteiger partial charge in [-0.05, 0) is 125 Å². The lowest BCUT2D eigenvalue weighted by Crippen LogP contribution is -2.12. The van der Waals surface area contributed by atoms with E-state index in [-0.39, 0.29) is 43.7 Å². The van der Waals surface area contributed by atoms with Crippen LogP contribution in [0, 0.1) is 5.82 Å². The van der Waals surface area contributed by atoms with E-state index < -0.39 is 0 Å².